The number of carbonyl (C=O) groups excluding carboxylic acids is 1. The van der Waals surface area contributed by atoms with E-state index in [-0.39, 0.29) is 11.3 Å². The summed E-state index contributed by atoms with van der Waals surface area (Å²) in [6, 6.07) is 19.4. The second kappa shape index (κ2) is 8.78. The van der Waals surface area contributed by atoms with Gasteiger partial charge < -0.3 is 15.4 Å². The molecule has 0 fully saturated rings. The van der Waals surface area contributed by atoms with Gasteiger partial charge in [-0.05, 0) is 35.2 Å². The lowest BCUT2D eigenvalue weighted by molar-refractivity contribution is 0.0945. The van der Waals surface area contributed by atoms with Crippen LogP contribution in [0.2, 0.25) is 0 Å². The van der Waals surface area contributed by atoms with Crippen LogP contribution < -0.4 is 15.4 Å². The fourth-order valence-electron chi connectivity index (χ4n) is 3.12. The summed E-state index contributed by atoms with van der Waals surface area (Å²) in [6.07, 6.45) is 1.68. The number of hydrogen-bond donors (Lipinski definition) is 2. The lowest BCUT2D eigenvalue weighted by atomic mass is 9.86. The van der Waals surface area contributed by atoms with Gasteiger partial charge in [0.2, 0.25) is 0 Å². The third-order valence-corrected chi connectivity index (χ3v) is 4.64. The summed E-state index contributed by atoms with van der Waals surface area (Å²) in [6.45, 7) is 6.92. The zero-order valence-corrected chi connectivity index (χ0v) is 17.3. The van der Waals surface area contributed by atoms with Gasteiger partial charge in [-0.1, -0.05) is 57.2 Å². The predicted molar refractivity (Wildman–Crippen MR) is 117 cm³/mol. The first-order chi connectivity index (χ1) is 13.9. The van der Waals surface area contributed by atoms with E-state index in [9.17, 15) is 4.79 Å². The van der Waals surface area contributed by atoms with Crippen molar-refractivity contribution in [1.82, 2.24) is 10.3 Å². The van der Waals surface area contributed by atoms with Crippen LogP contribution >= 0.6 is 0 Å². The summed E-state index contributed by atoms with van der Waals surface area (Å²) in [4.78, 5) is 16.8. The minimum atomic E-state index is -0.224. The molecule has 0 aliphatic carbocycles. The molecule has 0 aliphatic heterocycles. The average molecular weight is 389 g/mol. The second-order valence-corrected chi connectivity index (χ2v) is 7.85. The smallest absolute Gasteiger partial charge is 0.270 e. The molecule has 1 amide bonds. The molecule has 5 nitrogen and oxygen atoms in total. The van der Waals surface area contributed by atoms with Crippen LogP contribution in [0.1, 0.15) is 42.4 Å². The first-order valence-corrected chi connectivity index (χ1v) is 9.61. The molecule has 0 aliphatic rings. The quantitative estimate of drug-likeness (QED) is 0.618. The molecule has 1 aromatic heterocycles. The summed E-state index contributed by atoms with van der Waals surface area (Å²) < 4.78 is 5.31. The number of benzene rings is 2. The van der Waals surface area contributed by atoms with Crippen molar-refractivity contribution >= 4 is 17.3 Å². The number of para-hydroxylation sites is 2. The molecule has 0 spiro atoms. The number of anilines is 2. The number of rotatable bonds is 6. The molecule has 29 heavy (non-hydrogen) atoms. The van der Waals surface area contributed by atoms with Crippen LogP contribution in [0.3, 0.4) is 0 Å². The largest absolute Gasteiger partial charge is 0.496 e. The lowest BCUT2D eigenvalue weighted by Crippen LogP contribution is -2.24. The highest BCUT2D eigenvalue weighted by molar-refractivity contribution is 5.92. The number of pyridine rings is 1. The Labute approximate surface area is 172 Å². The highest BCUT2D eigenvalue weighted by Gasteiger charge is 2.17. The zero-order valence-electron chi connectivity index (χ0n) is 17.3. The summed E-state index contributed by atoms with van der Waals surface area (Å²) in [5, 5.41) is 6.29. The van der Waals surface area contributed by atoms with Crippen LogP contribution in [-0.4, -0.2) is 18.0 Å². The molecule has 3 aromatic rings. The Hall–Kier alpha value is -3.34. The molecule has 0 bridgehead atoms. The maximum Gasteiger partial charge on any atom is 0.270 e. The van der Waals surface area contributed by atoms with E-state index in [2.05, 4.69) is 48.5 Å². The summed E-state index contributed by atoms with van der Waals surface area (Å²) in [5.41, 5.74) is 4.40. The molecular weight excluding hydrogens is 362 g/mol. The molecular formula is C24H27N3O2. The molecule has 150 valence electrons. The number of ether oxygens (including phenoxy) is 1. The van der Waals surface area contributed by atoms with Crippen molar-refractivity contribution in [1.29, 1.82) is 0 Å². The average Bonchev–Trinajstić information content (AvgIpc) is 2.72. The van der Waals surface area contributed by atoms with Crippen LogP contribution in [0.5, 0.6) is 5.75 Å². The van der Waals surface area contributed by atoms with Crippen LogP contribution in [0, 0.1) is 0 Å². The van der Waals surface area contributed by atoms with E-state index in [4.69, 9.17) is 4.74 Å². The van der Waals surface area contributed by atoms with Gasteiger partial charge in [-0.15, -0.1) is 0 Å². The Morgan fingerprint density at radius 2 is 1.72 bits per heavy atom. The number of methoxy groups -OCH3 is 1. The Balaban J connectivity index is 1.67. The summed E-state index contributed by atoms with van der Waals surface area (Å²) in [5.74, 6) is 0.523. The van der Waals surface area contributed by atoms with Crippen molar-refractivity contribution in [2.75, 3.05) is 12.4 Å². The molecule has 0 saturated heterocycles. The van der Waals surface area contributed by atoms with Crippen molar-refractivity contribution < 1.29 is 9.53 Å². The van der Waals surface area contributed by atoms with Gasteiger partial charge in [0.05, 0.1) is 19.0 Å². The van der Waals surface area contributed by atoms with Crippen molar-refractivity contribution in [2.24, 2.45) is 0 Å². The Morgan fingerprint density at radius 3 is 2.41 bits per heavy atom. The molecule has 0 unspecified atom stereocenters. The van der Waals surface area contributed by atoms with E-state index in [0.717, 1.165) is 22.7 Å². The van der Waals surface area contributed by atoms with E-state index >= 15 is 0 Å². The molecule has 3 rings (SSSR count). The fourth-order valence-corrected chi connectivity index (χ4v) is 3.12. The van der Waals surface area contributed by atoms with Gasteiger partial charge in [0.25, 0.3) is 5.91 Å². The maximum atomic E-state index is 12.4. The fraction of sp³-hybridized carbons (Fsp3) is 0.250. The first-order valence-electron chi connectivity index (χ1n) is 9.61. The van der Waals surface area contributed by atoms with Crippen LogP contribution in [0.4, 0.5) is 11.4 Å². The highest BCUT2D eigenvalue weighted by atomic mass is 16.5. The van der Waals surface area contributed by atoms with Crippen molar-refractivity contribution in [3.63, 3.8) is 0 Å². The number of nitrogens with zero attached hydrogens (tertiary/aromatic N) is 1. The molecule has 0 radical (unpaired) electrons. The van der Waals surface area contributed by atoms with Gasteiger partial charge in [-0.2, -0.15) is 0 Å². The lowest BCUT2D eigenvalue weighted by Gasteiger charge is -2.23. The monoisotopic (exact) mass is 389 g/mol. The number of aromatic nitrogens is 1. The number of carbonyl (C=O) groups is 1. The molecule has 0 saturated carbocycles. The Kier molecular flexibility index (Phi) is 6.17. The van der Waals surface area contributed by atoms with Crippen LogP contribution in [0.15, 0.2) is 66.9 Å². The topological polar surface area (TPSA) is 63.2 Å². The molecule has 1 heterocycles. The van der Waals surface area contributed by atoms with Gasteiger partial charge >= 0.3 is 0 Å². The van der Waals surface area contributed by atoms with E-state index in [0.29, 0.717) is 12.2 Å². The summed E-state index contributed by atoms with van der Waals surface area (Å²) >= 11 is 0. The number of nitrogens with one attached hydrogen (secondary N) is 2. The third-order valence-electron chi connectivity index (χ3n) is 4.64. The first kappa shape index (κ1) is 20.4. The van der Waals surface area contributed by atoms with Gasteiger partial charge in [-0.25, -0.2) is 4.98 Å². The zero-order chi connectivity index (χ0) is 20.9. The second-order valence-electron chi connectivity index (χ2n) is 7.85. The number of hydrogen-bond acceptors (Lipinski definition) is 4. The summed E-state index contributed by atoms with van der Waals surface area (Å²) in [7, 11) is 1.62. The minimum Gasteiger partial charge on any atom is -0.496 e. The van der Waals surface area contributed by atoms with Crippen molar-refractivity contribution in [3.8, 4) is 5.75 Å². The Bertz CT molecular complexity index is 976. The van der Waals surface area contributed by atoms with E-state index in [1.807, 2.05) is 42.5 Å². The molecule has 2 N–H and O–H groups in total. The predicted octanol–water partition coefficient (Wildman–Crippen LogP) is 5.06. The molecule has 5 heteroatoms. The van der Waals surface area contributed by atoms with E-state index in [1.54, 1.807) is 19.4 Å². The number of amides is 1. The molecule has 0 atom stereocenters. The minimum absolute atomic E-state index is 0.0232. The van der Waals surface area contributed by atoms with E-state index in [1.165, 1.54) is 5.56 Å². The molecule has 2 aromatic carbocycles. The van der Waals surface area contributed by atoms with Gasteiger partial charge in [0.1, 0.15) is 11.4 Å². The Morgan fingerprint density at radius 1 is 1.00 bits per heavy atom. The van der Waals surface area contributed by atoms with E-state index < -0.39 is 0 Å². The SMILES string of the molecule is COc1ccccc1CNC(=O)c1ccc(Nc2ccccc2C(C)(C)C)cn1. The van der Waals surface area contributed by atoms with Crippen molar-refractivity contribution in [2.45, 2.75) is 32.7 Å². The van der Waals surface area contributed by atoms with Crippen LogP contribution in [-0.2, 0) is 12.0 Å². The van der Waals surface area contributed by atoms with Crippen molar-refractivity contribution in [3.05, 3.63) is 83.7 Å². The van der Waals surface area contributed by atoms with Crippen LogP contribution in [0.25, 0.3) is 0 Å². The van der Waals surface area contributed by atoms with Gasteiger partial charge in [-0.3, -0.25) is 4.79 Å². The normalized spacial score (nSPS) is 11.0. The van der Waals surface area contributed by atoms with Gasteiger partial charge in [0.15, 0.2) is 0 Å². The highest BCUT2D eigenvalue weighted by Crippen LogP contribution is 2.31. The van der Waals surface area contributed by atoms with Gasteiger partial charge in [0, 0.05) is 17.8 Å². The third kappa shape index (κ3) is 5.13. The maximum absolute atomic E-state index is 12.4. The standard InChI is InChI=1S/C24H27N3O2/c1-24(2,3)19-10-6-7-11-20(19)27-18-13-14-21(25-16-18)23(28)26-15-17-9-5-8-12-22(17)29-4/h5-14,16,27H,15H2,1-4H3,(H,26,28).